The van der Waals surface area contributed by atoms with Crippen LogP contribution in [0.1, 0.15) is 46.6 Å². The van der Waals surface area contributed by atoms with Crippen LogP contribution in [0.15, 0.2) is 18.2 Å². The van der Waals surface area contributed by atoms with Crippen LogP contribution in [0.3, 0.4) is 0 Å². The third kappa shape index (κ3) is 3.44. The van der Waals surface area contributed by atoms with Crippen LogP contribution in [0.2, 0.25) is 0 Å². The van der Waals surface area contributed by atoms with Gasteiger partial charge in [-0.05, 0) is 56.4 Å². The second-order valence-electron chi connectivity index (χ2n) is 5.31. The molecule has 0 amide bonds. The van der Waals surface area contributed by atoms with E-state index >= 15 is 0 Å². The fourth-order valence-corrected chi connectivity index (χ4v) is 3.26. The van der Waals surface area contributed by atoms with Gasteiger partial charge in [-0.1, -0.05) is 41.6 Å². The fourth-order valence-electron chi connectivity index (χ4n) is 2.46. The van der Waals surface area contributed by atoms with Gasteiger partial charge in [-0.25, -0.2) is 0 Å². The van der Waals surface area contributed by atoms with Crippen molar-refractivity contribution in [1.82, 2.24) is 14.9 Å². The van der Waals surface area contributed by atoms with Gasteiger partial charge >= 0.3 is 0 Å². The monoisotopic (exact) mass is 289 g/mol. The van der Waals surface area contributed by atoms with Crippen LogP contribution in [0.4, 0.5) is 0 Å². The smallest absolute Gasteiger partial charge is 0.0803 e. The molecule has 108 valence electrons. The molecule has 0 saturated carbocycles. The Balaban J connectivity index is 2.24. The molecular weight excluding hydrogens is 266 g/mol. The lowest BCUT2D eigenvalue weighted by Gasteiger charge is -2.17. The van der Waals surface area contributed by atoms with Crippen molar-refractivity contribution >= 4 is 11.5 Å². The minimum absolute atomic E-state index is 0.303. The number of aromatic nitrogens is 2. The normalized spacial score (nSPS) is 12.6. The molecule has 0 fully saturated rings. The number of hydrogen-bond donors (Lipinski definition) is 1. The molecule has 20 heavy (non-hydrogen) atoms. The number of nitrogens with zero attached hydrogens (tertiary/aromatic N) is 2. The molecular formula is C16H23N3S. The second-order valence-corrected chi connectivity index (χ2v) is 6.09. The average Bonchev–Trinajstić information content (AvgIpc) is 2.88. The summed E-state index contributed by atoms with van der Waals surface area (Å²) in [5.74, 6) is 0. The molecule has 1 unspecified atom stereocenters. The summed E-state index contributed by atoms with van der Waals surface area (Å²) in [5, 5.41) is 7.71. The highest BCUT2D eigenvalue weighted by Crippen LogP contribution is 2.26. The van der Waals surface area contributed by atoms with Crippen molar-refractivity contribution < 1.29 is 0 Å². The highest BCUT2D eigenvalue weighted by Gasteiger charge is 2.18. The van der Waals surface area contributed by atoms with E-state index in [0.29, 0.717) is 6.04 Å². The SMILES string of the molecule is CCCc1nnsc1C(Cc1cc(C)ccc1C)NC. The van der Waals surface area contributed by atoms with Gasteiger partial charge in [-0.15, -0.1) is 5.10 Å². The summed E-state index contributed by atoms with van der Waals surface area (Å²) in [6.45, 7) is 6.51. The largest absolute Gasteiger partial charge is 0.312 e. The summed E-state index contributed by atoms with van der Waals surface area (Å²) in [4.78, 5) is 1.29. The zero-order valence-corrected chi connectivity index (χ0v) is 13.5. The van der Waals surface area contributed by atoms with Crippen LogP contribution < -0.4 is 5.32 Å². The van der Waals surface area contributed by atoms with E-state index in [2.05, 4.69) is 53.9 Å². The predicted octanol–water partition coefficient (Wildman–Crippen LogP) is 3.61. The molecule has 1 aromatic heterocycles. The summed E-state index contributed by atoms with van der Waals surface area (Å²) in [6, 6.07) is 6.96. The van der Waals surface area contributed by atoms with Crippen LogP contribution >= 0.6 is 11.5 Å². The van der Waals surface area contributed by atoms with E-state index in [4.69, 9.17) is 0 Å². The van der Waals surface area contributed by atoms with Crippen LogP contribution in [-0.2, 0) is 12.8 Å². The van der Waals surface area contributed by atoms with Gasteiger partial charge in [-0.3, -0.25) is 0 Å². The topological polar surface area (TPSA) is 37.8 Å². The van der Waals surface area contributed by atoms with Gasteiger partial charge in [0.2, 0.25) is 0 Å². The molecule has 2 aromatic rings. The molecule has 0 aliphatic heterocycles. The standard InChI is InChI=1S/C16H23N3S/c1-5-6-14-16(20-19-18-14)15(17-4)10-13-9-11(2)7-8-12(13)3/h7-9,15,17H,5-6,10H2,1-4H3. The van der Waals surface area contributed by atoms with E-state index in [-0.39, 0.29) is 0 Å². The first-order valence-corrected chi connectivity index (χ1v) is 7.97. The number of aryl methyl sites for hydroxylation is 3. The molecule has 1 aromatic carbocycles. The van der Waals surface area contributed by atoms with Gasteiger partial charge in [-0.2, -0.15) is 0 Å². The third-order valence-corrected chi connectivity index (χ3v) is 4.55. The van der Waals surface area contributed by atoms with Gasteiger partial charge in [0.15, 0.2) is 0 Å². The van der Waals surface area contributed by atoms with E-state index in [0.717, 1.165) is 25.0 Å². The number of nitrogens with one attached hydrogen (secondary N) is 1. The molecule has 1 N–H and O–H groups in total. The minimum atomic E-state index is 0.303. The van der Waals surface area contributed by atoms with Crippen LogP contribution in [0, 0.1) is 13.8 Å². The zero-order valence-electron chi connectivity index (χ0n) is 12.7. The summed E-state index contributed by atoms with van der Waals surface area (Å²) in [5.41, 5.74) is 5.23. The fraction of sp³-hybridized carbons (Fsp3) is 0.500. The maximum Gasteiger partial charge on any atom is 0.0803 e. The van der Waals surface area contributed by atoms with E-state index in [1.165, 1.54) is 33.1 Å². The Kier molecular flexibility index (Phi) is 5.26. The molecule has 2 rings (SSSR count). The first-order chi connectivity index (χ1) is 9.65. The zero-order chi connectivity index (χ0) is 14.5. The van der Waals surface area contributed by atoms with Gasteiger partial charge in [0.05, 0.1) is 10.6 Å². The van der Waals surface area contributed by atoms with Crippen molar-refractivity contribution in [3.05, 3.63) is 45.5 Å². The molecule has 4 heteroatoms. The van der Waals surface area contributed by atoms with E-state index in [9.17, 15) is 0 Å². The van der Waals surface area contributed by atoms with Gasteiger partial charge in [0.25, 0.3) is 0 Å². The van der Waals surface area contributed by atoms with Crippen LogP contribution in [0.5, 0.6) is 0 Å². The van der Waals surface area contributed by atoms with E-state index in [1.54, 1.807) is 0 Å². The molecule has 0 radical (unpaired) electrons. The van der Waals surface area contributed by atoms with Crippen molar-refractivity contribution in [1.29, 1.82) is 0 Å². The first-order valence-electron chi connectivity index (χ1n) is 7.20. The van der Waals surface area contributed by atoms with Crippen molar-refractivity contribution in [2.24, 2.45) is 0 Å². The lowest BCUT2D eigenvalue weighted by Crippen LogP contribution is -2.19. The summed E-state index contributed by atoms with van der Waals surface area (Å²) >= 11 is 1.53. The molecule has 0 saturated heterocycles. The Hall–Kier alpha value is -1.26. The summed E-state index contributed by atoms with van der Waals surface area (Å²) in [6.07, 6.45) is 3.11. The lowest BCUT2D eigenvalue weighted by atomic mass is 9.97. The maximum atomic E-state index is 4.28. The Labute approximate surface area is 125 Å². The average molecular weight is 289 g/mol. The van der Waals surface area contributed by atoms with Crippen molar-refractivity contribution in [2.75, 3.05) is 7.05 Å². The number of hydrogen-bond acceptors (Lipinski definition) is 4. The number of likely N-dealkylation sites (N-methyl/N-ethyl adjacent to an activating group) is 1. The van der Waals surface area contributed by atoms with Crippen LogP contribution in [-0.4, -0.2) is 16.6 Å². The van der Waals surface area contributed by atoms with Crippen molar-refractivity contribution in [3.63, 3.8) is 0 Å². The van der Waals surface area contributed by atoms with Crippen LogP contribution in [0.25, 0.3) is 0 Å². The summed E-state index contributed by atoms with van der Waals surface area (Å²) < 4.78 is 4.14. The quantitative estimate of drug-likeness (QED) is 0.882. The maximum absolute atomic E-state index is 4.28. The Morgan fingerprint density at radius 1 is 1.30 bits per heavy atom. The molecule has 0 aliphatic carbocycles. The van der Waals surface area contributed by atoms with E-state index < -0.39 is 0 Å². The van der Waals surface area contributed by atoms with Gasteiger partial charge in [0.1, 0.15) is 0 Å². The first kappa shape index (κ1) is 15.1. The third-order valence-electron chi connectivity index (χ3n) is 3.67. The second kappa shape index (κ2) is 6.95. The van der Waals surface area contributed by atoms with E-state index in [1.807, 2.05) is 7.05 Å². The highest BCUT2D eigenvalue weighted by molar-refractivity contribution is 7.05. The van der Waals surface area contributed by atoms with Gasteiger partial charge < -0.3 is 5.32 Å². The Bertz CT molecular complexity index is 563. The van der Waals surface area contributed by atoms with Crippen molar-refractivity contribution in [2.45, 2.75) is 46.1 Å². The Morgan fingerprint density at radius 3 is 2.80 bits per heavy atom. The number of rotatable bonds is 6. The molecule has 0 spiro atoms. The molecule has 0 aliphatic rings. The minimum Gasteiger partial charge on any atom is -0.312 e. The number of benzene rings is 1. The lowest BCUT2D eigenvalue weighted by molar-refractivity contribution is 0.592. The van der Waals surface area contributed by atoms with Gasteiger partial charge in [0, 0.05) is 6.04 Å². The Morgan fingerprint density at radius 2 is 2.10 bits per heavy atom. The molecule has 1 heterocycles. The predicted molar refractivity (Wildman–Crippen MR) is 85.3 cm³/mol. The van der Waals surface area contributed by atoms with Crippen molar-refractivity contribution in [3.8, 4) is 0 Å². The molecule has 1 atom stereocenters. The highest BCUT2D eigenvalue weighted by atomic mass is 32.1. The molecule has 3 nitrogen and oxygen atoms in total. The molecule has 0 bridgehead atoms. The summed E-state index contributed by atoms with van der Waals surface area (Å²) in [7, 11) is 2.02.